The van der Waals surface area contributed by atoms with Crippen LogP contribution in [0.3, 0.4) is 0 Å². The third-order valence-electron chi connectivity index (χ3n) is 5.10. The second-order valence-corrected chi connectivity index (χ2v) is 8.11. The smallest absolute Gasteiger partial charge is 0.241 e. The maximum Gasteiger partial charge on any atom is 0.241 e. The Morgan fingerprint density at radius 2 is 1.80 bits per heavy atom. The van der Waals surface area contributed by atoms with Gasteiger partial charge >= 0.3 is 0 Å². The SMILES string of the molecule is CC(C)(C)c1ncc2n1-c1ccccc1N(C(=O)CN1CCCC1)C2. The predicted molar refractivity (Wildman–Crippen MR) is 99.1 cm³/mol. The monoisotopic (exact) mass is 338 g/mol. The second-order valence-electron chi connectivity index (χ2n) is 8.11. The number of hydrogen-bond acceptors (Lipinski definition) is 3. The molecule has 5 nitrogen and oxygen atoms in total. The Morgan fingerprint density at radius 3 is 2.48 bits per heavy atom. The quantitative estimate of drug-likeness (QED) is 0.845. The third-order valence-corrected chi connectivity index (χ3v) is 5.10. The van der Waals surface area contributed by atoms with Gasteiger partial charge in [-0.2, -0.15) is 0 Å². The molecule has 2 aliphatic heterocycles. The Balaban J connectivity index is 1.72. The summed E-state index contributed by atoms with van der Waals surface area (Å²) in [5, 5.41) is 0. The van der Waals surface area contributed by atoms with E-state index < -0.39 is 0 Å². The van der Waals surface area contributed by atoms with Crippen molar-refractivity contribution >= 4 is 11.6 Å². The Labute approximate surface area is 149 Å². The molecule has 0 atom stereocenters. The van der Waals surface area contributed by atoms with E-state index in [-0.39, 0.29) is 11.3 Å². The number of rotatable bonds is 2. The fraction of sp³-hybridized carbons (Fsp3) is 0.500. The summed E-state index contributed by atoms with van der Waals surface area (Å²) in [6, 6.07) is 8.18. The first-order valence-corrected chi connectivity index (χ1v) is 9.14. The highest BCUT2D eigenvalue weighted by Crippen LogP contribution is 2.36. The minimum absolute atomic E-state index is 0.0485. The normalized spacial score (nSPS) is 17.5. The highest BCUT2D eigenvalue weighted by atomic mass is 16.2. The van der Waals surface area contributed by atoms with Gasteiger partial charge in [0.1, 0.15) is 5.82 Å². The average molecular weight is 338 g/mol. The molecule has 0 saturated carbocycles. The van der Waals surface area contributed by atoms with Gasteiger partial charge in [-0.1, -0.05) is 32.9 Å². The van der Waals surface area contributed by atoms with E-state index >= 15 is 0 Å². The van der Waals surface area contributed by atoms with Gasteiger partial charge in [0, 0.05) is 5.41 Å². The zero-order chi connectivity index (χ0) is 17.6. The van der Waals surface area contributed by atoms with Crippen LogP contribution >= 0.6 is 0 Å². The van der Waals surface area contributed by atoms with Crippen LogP contribution < -0.4 is 4.90 Å². The van der Waals surface area contributed by atoms with E-state index in [9.17, 15) is 4.79 Å². The van der Waals surface area contributed by atoms with Gasteiger partial charge in [-0.05, 0) is 38.1 Å². The lowest BCUT2D eigenvalue weighted by atomic mass is 9.95. The molecule has 4 rings (SSSR count). The number of carbonyl (C=O) groups is 1. The number of para-hydroxylation sites is 2. The summed E-state index contributed by atoms with van der Waals surface area (Å²) < 4.78 is 2.23. The minimum Gasteiger partial charge on any atom is -0.303 e. The molecule has 0 bridgehead atoms. The molecule has 1 fully saturated rings. The highest BCUT2D eigenvalue weighted by Gasteiger charge is 2.32. The summed E-state index contributed by atoms with van der Waals surface area (Å²) in [6.45, 7) is 9.70. The van der Waals surface area contributed by atoms with Crippen molar-refractivity contribution in [1.82, 2.24) is 14.5 Å². The molecule has 0 radical (unpaired) electrons. The number of carbonyl (C=O) groups excluding carboxylic acids is 1. The molecule has 0 unspecified atom stereocenters. The number of benzene rings is 1. The van der Waals surface area contributed by atoms with Crippen LogP contribution in [0.25, 0.3) is 5.69 Å². The first kappa shape index (κ1) is 16.3. The molecule has 1 aromatic carbocycles. The van der Waals surface area contributed by atoms with Crippen molar-refractivity contribution in [3.05, 3.63) is 42.0 Å². The van der Waals surface area contributed by atoms with Crippen LogP contribution in [0.15, 0.2) is 30.5 Å². The molecular weight excluding hydrogens is 312 g/mol. The van der Waals surface area contributed by atoms with Gasteiger partial charge in [-0.25, -0.2) is 4.98 Å². The van der Waals surface area contributed by atoms with E-state index in [2.05, 4.69) is 41.3 Å². The lowest BCUT2D eigenvalue weighted by Crippen LogP contribution is -2.41. The Morgan fingerprint density at radius 1 is 1.12 bits per heavy atom. The third kappa shape index (κ3) is 2.86. The number of imidazole rings is 1. The van der Waals surface area contributed by atoms with Crippen molar-refractivity contribution in [3.8, 4) is 5.69 Å². The van der Waals surface area contributed by atoms with Gasteiger partial charge in [0.05, 0.1) is 36.4 Å². The van der Waals surface area contributed by atoms with Gasteiger partial charge < -0.3 is 4.90 Å². The van der Waals surface area contributed by atoms with Crippen LogP contribution in [0.2, 0.25) is 0 Å². The van der Waals surface area contributed by atoms with Gasteiger partial charge in [-0.15, -0.1) is 0 Å². The molecule has 132 valence electrons. The van der Waals surface area contributed by atoms with Crippen LogP contribution in [-0.2, 0) is 16.8 Å². The number of fused-ring (bicyclic) bond motifs is 3. The first-order valence-electron chi connectivity index (χ1n) is 9.14. The topological polar surface area (TPSA) is 41.4 Å². The van der Waals surface area contributed by atoms with E-state index in [0.29, 0.717) is 13.1 Å². The van der Waals surface area contributed by atoms with Crippen molar-refractivity contribution < 1.29 is 4.79 Å². The molecule has 2 aliphatic rings. The molecule has 3 heterocycles. The van der Waals surface area contributed by atoms with Crippen LogP contribution in [0, 0.1) is 0 Å². The van der Waals surface area contributed by atoms with Gasteiger partial charge in [0.2, 0.25) is 5.91 Å². The van der Waals surface area contributed by atoms with Crippen LogP contribution in [0.5, 0.6) is 0 Å². The van der Waals surface area contributed by atoms with Crippen molar-refractivity contribution in [2.45, 2.75) is 45.6 Å². The molecular formula is C20H26N4O. The Bertz CT molecular complexity index is 796. The van der Waals surface area contributed by atoms with E-state index in [1.54, 1.807) is 0 Å². The lowest BCUT2D eigenvalue weighted by molar-refractivity contribution is -0.119. The van der Waals surface area contributed by atoms with Gasteiger partial charge in [-0.3, -0.25) is 14.3 Å². The lowest BCUT2D eigenvalue weighted by Gasteiger charge is -2.33. The number of likely N-dealkylation sites (tertiary alicyclic amines) is 1. The fourth-order valence-electron chi connectivity index (χ4n) is 3.87. The Hall–Kier alpha value is -2.14. The maximum absolute atomic E-state index is 13.0. The number of hydrogen-bond donors (Lipinski definition) is 0. The zero-order valence-electron chi connectivity index (χ0n) is 15.3. The fourth-order valence-corrected chi connectivity index (χ4v) is 3.87. The number of anilines is 1. The summed E-state index contributed by atoms with van der Waals surface area (Å²) in [5.41, 5.74) is 3.08. The second kappa shape index (κ2) is 5.99. The van der Waals surface area contributed by atoms with Crippen molar-refractivity contribution in [2.24, 2.45) is 0 Å². The molecule has 5 heteroatoms. The molecule has 1 aromatic heterocycles. The molecule has 25 heavy (non-hydrogen) atoms. The van der Waals surface area contributed by atoms with E-state index in [1.807, 2.05) is 29.3 Å². The van der Waals surface area contributed by atoms with Crippen LogP contribution in [-0.4, -0.2) is 40.0 Å². The standard InChI is InChI=1S/C20H26N4O/c1-20(2,3)19-21-12-15-13-23(18(25)14-22-10-6-7-11-22)16-8-4-5-9-17(16)24(15)19/h4-5,8-9,12H,6-7,10-11,13-14H2,1-3H3. The molecule has 2 aromatic rings. The number of nitrogens with zero attached hydrogens (tertiary/aromatic N) is 4. The van der Waals surface area contributed by atoms with Crippen molar-refractivity contribution in [2.75, 3.05) is 24.5 Å². The van der Waals surface area contributed by atoms with Gasteiger partial charge in [0.15, 0.2) is 0 Å². The minimum atomic E-state index is -0.0485. The molecule has 0 aliphatic carbocycles. The zero-order valence-corrected chi connectivity index (χ0v) is 15.3. The predicted octanol–water partition coefficient (Wildman–Crippen LogP) is 3.11. The van der Waals surface area contributed by atoms with E-state index in [1.165, 1.54) is 12.8 Å². The summed E-state index contributed by atoms with van der Waals surface area (Å²) in [5.74, 6) is 1.22. The first-order chi connectivity index (χ1) is 11.9. The average Bonchev–Trinajstić information content (AvgIpc) is 3.22. The molecule has 0 N–H and O–H groups in total. The van der Waals surface area contributed by atoms with E-state index in [4.69, 9.17) is 0 Å². The highest BCUT2D eigenvalue weighted by molar-refractivity contribution is 5.97. The van der Waals surface area contributed by atoms with Crippen molar-refractivity contribution in [1.29, 1.82) is 0 Å². The number of aromatic nitrogens is 2. The van der Waals surface area contributed by atoms with Crippen LogP contribution in [0.4, 0.5) is 5.69 Å². The molecule has 1 amide bonds. The number of amides is 1. The largest absolute Gasteiger partial charge is 0.303 e. The van der Waals surface area contributed by atoms with Crippen molar-refractivity contribution in [3.63, 3.8) is 0 Å². The summed E-state index contributed by atoms with van der Waals surface area (Å²) in [6.07, 6.45) is 4.32. The van der Waals surface area contributed by atoms with E-state index in [0.717, 1.165) is 36.0 Å². The Kier molecular flexibility index (Phi) is 3.91. The summed E-state index contributed by atoms with van der Waals surface area (Å²) >= 11 is 0. The van der Waals surface area contributed by atoms with Gasteiger partial charge in [0.25, 0.3) is 0 Å². The maximum atomic E-state index is 13.0. The molecule has 1 saturated heterocycles. The van der Waals surface area contributed by atoms with Crippen LogP contribution in [0.1, 0.15) is 45.1 Å². The summed E-state index contributed by atoms with van der Waals surface area (Å²) in [7, 11) is 0. The molecule has 0 spiro atoms. The summed E-state index contributed by atoms with van der Waals surface area (Å²) in [4.78, 5) is 21.9.